The lowest BCUT2D eigenvalue weighted by atomic mass is 10.1. The van der Waals surface area contributed by atoms with E-state index in [0.29, 0.717) is 28.5 Å². The van der Waals surface area contributed by atoms with Crippen molar-refractivity contribution in [3.8, 4) is 11.4 Å². The lowest BCUT2D eigenvalue weighted by Crippen LogP contribution is -2.17. The van der Waals surface area contributed by atoms with Crippen molar-refractivity contribution in [2.45, 2.75) is 6.42 Å². The molecule has 0 spiro atoms. The molecule has 0 aliphatic carbocycles. The van der Waals surface area contributed by atoms with Gasteiger partial charge in [-0.1, -0.05) is 29.4 Å². The molecule has 0 atom stereocenters. The lowest BCUT2D eigenvalue weighted by molar-refractivity contribution is 0.101. The molecule has 0 fully saturated rings. The highest BCUT2D eigenvalue weighted by Gasteiger charge is 2.19. The first kappa shape index (κ1) is 18.4. The molecule has 2 aromatic carbocycles. The second-order valence-electron chi connectivity index (χ2n) is 6.14. The normalized spacial score (nSPS) is 10.7. The topological polar surface area (TPSA) is 80.9 Å². The summed E-state index contributed by atoms with van der Waals surface area (Å²) in [7, 11) is 0. The summed E-state index contributed by atoms with van der Waals surface area (Å²) in [6.45, 7) is 0. The second-order valence-corrected chi connectivity index (χ2v) is 6.14. The first-order valence-electron chi connectivity index (χ1n) is 8.68. The minimum Gasteiger partial charge on any atom is -0.339 e. The Morgan fingerprint density at radius 3 is 2.55 bits per heavy atom. The van der Waals surface area contributed by atoms with Gasteiger partial charge in [0.2, 0.25) is 11.7 Å². The Morgan fingerprint density at radius 2 is 1.79 bits per heavy atom. The van der Waals surface area contributed by atoms with Crippen molar-refractivity contribution in [2.75, 3.05) is 5.32 Å². The van der Waals surface area contributed by atoms with E-state index in [2.05, 4.69) is 20.4 Å². The average Bonchev–Trinajstić information content (AvgIpc) is 3.19. The Bertz CT molecular complexity index is 1140. The third kappa shape index (κ3) is 4.01. The highest BCUT2D eigenvalue weighted by molar-refractivity contribution is 6.05. The first-order valence-corrected chi connectivity index (χ1v) is 8.68. The van der Waals surface area contributed by atoms with Gasteiger partial charge in [-0.3, -0.25) is 9.78 Å². The van der Waals surface area contributed by atoms with Crippen LogP contribution >= 0.6 is 0 Å². The highest BCUT2D eigenvalue weighted by Crippen LogP contribution is 2.22. The van der Waals surface area contributed by atoms with Crippen molar-refractivity contribution in [1.29, 1.82) is 0 Å². The molecular formula is C21H14F2N4O2. The number of anilines is 1. The summed E-state index contributed by atoms with van der Waals surface area (Å²) in [6, 6.07) is 13.7. The van der Waals surface area contributed by atoms with Gasteiger partial charge in [0.15, 0.2) is 0 Å². The van der Waals surface area contributed by atoms with E-state index in [9.17, 15) is 13.6 Å². The van der Waals surface area contributed by atoms with Crippen LogP contribution in [0, 0.1) is 11.6 Å². The summed E-state index contributed by atoms with van der Waals surface area (Å²) in [6.07, 6.45) is 3.48. The monoisotopic (exact) mass is 392 g/mol. The van der Waals surface area contributed by atoms with Crippen LogP contribution in [-0.4, -0.2) is 21.0 Å². The Morgan fingerprint density at radius 1 is 1.00 bits per heavy atom. The second kappa shape index (κ2) is 7.97. The number of carbonyl (C=O) groups excluding carboxylic acids is 1. The van der Waals surface area contributed by atoms with E-state index in [-0.39, 0.29) is 6.42 Å². The molecule has 8 heteroatoms. The number of halogens is 2. The molecule has 0 aliphatic heterocycles. The molecule has 0 saturated carbocycles. The number of hydrogen-bond donors (Lipinski definition) is 1. The van der Waals surface area contributed by atoms with Crippen LogP contribution in [0.3, 0.4) is 0 Å². The molecule has 29 heavy (non-hydrogen) atoms. The van der Waals surface area contributed by atoms with E-state index in [1.165, 1.54) is 6.07 Å². The van der Waals surface area contributed by atoms with Crippen LogP contribution in [0.2, 0.25) is 0 Å². The zero-order valence-electron chi connectivity index (χ0n) is 15.0. The number of nitrogens with one attached hydrogen (secondary N) is 1. The van der Waals surface area contributed by atoms with E-state index in [1.54, 1.807) is 48.8 Å². The van der Waals surface area contributed by atoms with Crippen LogP contribution in [0.1, 0.15) is 21.8 Å². The molecule has 1 amide bonds. The summed E-state index contributed by atoms with van der Waals surface area (Å²) in [5.41, 5.74) is 1.11. The van der Waals surface area contributed by atoms with Crippen LogP contribution < -0.4 is 5.32 Å². The fraction of sp³-hybridized carbons (Fsp3) is 0.0476. The molecule has 0 bridgehead atoms. The Hall–Kier alpha value is -3.94. The van der Waals surface area contributed by atoms with Crippen molar-refractivity contribution in [3.05, 3.63) is 95.6 Å². The first-order chi connectivity index (χ1) is 14.1. The largest absolute Gasteiger partial charge is 0.339 e. The van der Waals surface area contributed by atoms with Gasteiger partial charge in [0.05, 0.1) is 6.42 Å². The summed E-state index contributed by atoms with van der Waals surface area (Å²) < 4.78 is 33.0. The minimum atomic E-state index is -0.932. The molecule has 2 aromatic heterocycles. The van der Waals surface area contributed by atoms with E-state index >= 15 is 0 Å². The van der Waals surface area contributed by atoms with E-state index < -0.39 is 23.1 Å². The Kier molecular flexibility index (Phi) is 5.07. The number of carbonyl (C=O) groups is 1. The van der Waals surface area contributed by atoms with E-state index in [0.717, 1.165) is 12.1 Å². The van der Waals surface area contributed by atoms with Crippen LogP contribution in [0.4, 0.5) is 14.5 Å². The van der Waals surface area contributed by atoms with Gasteiger partial charge >= 0.3 is 0 Å². The fourth-order valence-electron chi connectivity index (χ4n) is 2.80. The summed E-state index contributed by atoms with van der Waals surface area (Å²) in [4.78, 5) is 20.7. The van der Waals surface area contributed by atoms with E-state index in [4.69, 9.17) is 4.52 Å². The van der Waals surface area contributed by atoms with Gasteiger partial charge < -0.3 is 9.84 Å². The standard InChI is InChI=1S/C21H14F2N4O2/c22-15-7-3-8-16(23)19(15)21(28)25-17-9-2-1-5-13(17)11-18-26-20(27-29-18)14-6-4-10-24-12-14/h1-10,12H,11H2,(H,25,28). The number of benzene rings is 2. The van der Waals surface area contributed by atoms with Crippen molar-refractivity contribution in [2.24, 2.45) is 0 Å². The number of amides is 1. The molecule has 0 aliphatic rings. The van der Waals surface area contributed by atoms with Crippen LogP contribution in [-0.2, 0) is 6.42 Å². The van der Waals surface area contributed by atoms with Crippen molar-refractivity contribution in [3.63, 3.8) is 0 Å². The molecule has 4 aromatic rings. The summed E-state index contributed by atoms with van der Waals surface area (Å²) >= 11 is 0. The van der Waals surface area contributed by atoms with Gasteiger partial charge in [-0.15, -0.1) is 0 Å². The number of para-hydroxylation sites is 1. The fourth-order valence-corrected chi connectivity index (χ4v) is 2.80. The molecule has 144 valence electrons. The Labute approximate surface area is 164 Å². The smallest absolute Gasteiger partial charge is 0.261 e. The third-order valence-corrected chi connectivity index (χ3v) is 4.18. The molecule has 6 nitrogen and oxygen atoms in total. The SMILES string of the molecule is O=C(Nc1ccccc1Cc1nc(-c2cccnc2)no1)c1c(F)cccc1F. The molecular weight excluding hydrogens is 378 g/mol. The van der Waals surface area contributed by atoms with Gasteiger partial charge in [0, 0.05) is 23.6 Å². The van der Waals surface area contributed by atoms with Gasteiger partial charge in [-0.05, 0) is 35.9 Å². The van der Waals surface area contributed by atoms with Crippen LogP contribution in [0.15, 0.2) is 71.5 Å². The van der Waals surface area contributed by atoms with Gasteiger partial charge in [0.1, 0.15) is 17.2 Å². The number of pyridine rings is 1. The molecule has 1 N–H and O–H groups in total. The van der Waals surface area contributed by atoms with Gasteiger partial charge in [-0.2, -0.15) is 4.98 Å². The van der Waals surface area contributed by atoms with E-state index in [1.807, 2.05) is 0 Å². The highest BCUT2D eigenvalue weighted by atomic mass is 19.1. The van der Waals surface area contributed by atoms with Crippen molar-refractivity contribution < 1.29 is 18.1 Å². The predicted octanol–water partition coefficient (Wildman–Crippen LogP) is 4.25. The Balaban J connectivity index is 1.56. The number of hydrogen-bond acceptors (Lipinski definition) is 5. The minimum absolute atomic E-state index is 0.226. The average molecular weight is 392 g/mol. The van der Waals surface area contributed by atoms with Crippen molar-refractivity contribution >= 4 is 11.6 Å². The maximum Gasteiger partial charge on any atom is 0.261 e. The molecule has 0 saturated heterocycles. The maximum atomic E-state index is 13.9. The molecule has 4 rings (SSSR count). The van der Waals surface area contributed by atoms with Crippen molar-refractivity contribution in [1.82, 2.24) is 15.1 Å². The molecule has 0 unspecified atom stereocenters. The summed E-state index contributed by atoms with van der Waals surface area (Å²) in [5, 5.41) is 6.48. The number of nitrogens with zero attached hydrogens (tertiary/aromatic N) is 3. The zero-order chi connectivity index (χ0) is 20.2. The molecule has 0 radical (unpaired) electrons. The van der Waals surface area contributed by atoms with Crippen LogP contribution in [0.25, 0.3) is 11.4 Å². The van der Waals surface area contributed by atoms with Gasteiger partial charge in [0.25, 0.3) is 5.91 Å². The predicted molar refractivity (Wildman–Crippen MR) is 101 cm³/mol. The quantitative estimate of drug-likeness (QED) is 0.549. The number of aromatic nitrogens is 3. The lowest BCUT2D eigenvalue weighted by Gasteiger charge is -2.10. The molecule has 2 heterocycles. The number of rotatable bonds is 5. The third-order valence-electron chi connectivity index (χ3n) is 4.18. The maximum absolute atomic E-state index is 13.9. The van der Waals surface area contributed by atoms with Crippen LogP contribution in [0.5, 0.6) is 0 Å². The zero-order valence-corrected chi connectivity index (χ0v) is 15.0. The summed E-state index contributed by atoms with van der Waals surface area (Å²) in [5.74, 6) is -2.03. The van der Waals surface area contributed by atoms with Gasteiger partial charge in [-0.25, -0.2) is 8.78 Å².